The zero-order valence-corrected chi connectivity index (χ0v) is 13.4. The molecule has 2 aliphatic rings. The third-order valence-electron chi connectivity index (χ3n) is 3.87. The van der Waals surface area contributed by atoms with Crippen LogP contribution in [0.4, 0.5) is 0 Å². The van der Waals surface area contributed by atoms with Crippen molar-refractivity contribution in [1.82, 2.24) is 13.9 Å². The lowest BCUT2D eigenvalue weighted by Crippen LogP contribution is -2.35. The van der Waals surface area contributed by atoms with Crippen LogP contribution in [0.15, 0.2) is 9.59 Å². The second-order valence-corrected chi connectivity index (χ2v) is 5.94. The minimum absolute atomic E-state index is 0.101. The van der Waals surface area contributed by atoms with Crippen molar-refractivity contribution in [2.45, 2.75) is 51.3 Å². The maximum Gasteiger partial charge on any atom is 0.347 e. The van der Waals surface area contributed by atoms with E-state index in [4.69, 9.17) is 14.2 Å². The van der Waals surface area contributed by atoms with Crippen molar-refractivity contribution >= 4 is 5.97 Å². The van der Waals surface area contributed by atoms with Gasteiger partial charge < -0.3 is 19.3 Å². The van der Waals surface area contributed by atoms with Crippen LogP contribution in [0.2, 0.25) is 0 Å². The van der Waals surface area contributed by atoms with Crippen molar-refractivity contribution in [3.05, 3.63) is 21.0 Å². The van der Waals surface area contributed by atoms with Crippen LogP contribution in [0.5, 0.6) is 0 Å². The van der Waals surface area contributed by atoms with Gasteiger partial charge in [0.05, 0.1) is 39.0 Å². The lowest BCUT2D eigenvalue weighted by atomic mass is 10.4. The van der Waals surface area contributed by atoms with Gasteiger partial charge in [-0.1, -0.05) is 6.92 Å². The van der Waals surface area contributed by atoms with Crippen LogP contribution >= 0.6 is 0 Å². The molecule has 3 heterocycles. The number of epoxide rings is 2. The molecule has 24 heavy (non-hydrogen) atoms. The topological polar surface area (TPSA) is 121 Å². The van der Waals surface area contributed by atoms with E-state index in [9.17, 15) is 19.5 Å². The van der Waals surface area contributed by atoms with E-state index in [1.165, 1.54) is 9.36 Å². The summed E-state index contributed by atoms with van der Waals surface area (Å²) in [4.78, 5) is 36.1. The predicted octanol–water partition coefficient (Wildman–Crippen LogP) is -2.08. The standard InChI is InChI=1S/C14H21N3O7/c1-2-12(19)24-6-9(18)3-16-13(20)15(4-10-7-22-10)14(21)17(16)5-11-8-23-11/h9-11,18H,2-8H2,1H3. The highest BCUT2D eigenvalue weighted by molar-refractivity contribution is 5.68. The molecule has 3 rings (SSSR count). The maximum atomic E-state index is 12.5. The van der Waals surface area contributed by atoms with Crippen molar-refractivity contribution in [3.63, 3.8) is 0 Å². The number of ether oxygens (including phenoxy) is 3. The van der Waals surface area contributed by atoms with Crippen molar-refractivity contribution in [2.24, 2.45) is 0 Å². The van der Waals surface area contributed by atoms with Gasteiger partial charge in [-0.05, 0) is 0 Å². The summed E-state index contributed by atoms with van der Waals surface area (Å²) in [6, 6.07) is 0. The van der Waals surface area contributed by atoms with Gasteiger partial charge in [-0.3, -0.25) is 4.79 Å². The van der Waals surface area contributed by atoms with Crippen molar-refractivity contribution < 1.29 is 24.1 Å². The zero-order valence-electron chi connectivity index (χ0n) is 13.4. The molecule has 0 aromatic carbocycles. The van der Waals surface area contributed by atoms with Crippen LogP contribution in [0, 0.1) is 0 Å². The molecule has 0 bridgehead atoms. The molecule has 0 spiro atoms. The van der Waals surface area contributed by atoms with E-state index in [0.717, 1.165) is 4.57 Å². The van der Waals surface area contributed by atoms with Gasteiger partial charge in [0.2, 0.25) is 0 Å². The lowest BCUT2D eigenvalue weighted by molar-refractivity contribution is -0.146. The van der Waals surface area contributed by atoms with Crippen molar-refractivity contribution in [2.75, 3.05) is 19.8 Å². The number of carbonyl (C=O) groups excluding carboxylic acids is 1. The molecule has 0 aliphatic carbocycles. The molecule has 10 heteroatoms. The van der Waals surface area contributed by atoms with E-state index < -0.39 is 23.5 Å². The van der Waals surface area contributed by atoms with E-state index in [-0.39, 0.29) is 44.9 Å². The largest absolute Gasteiger partial charge is 0.463 e. The number of nitrogens with zero attached hydrogens (tertiary/aromatic N) is 3. The molecule has 3 atom stereocenters. The van der Waals surface area contributed by atoms with E-state index in [1.807, 2.05) is 0 Å². The monoisotopic (exact) mass is 343 g/mol. The van der Waals surface area contributed by atoms with E-state index >= 15 is 0 Å². The molecule has 0 amide bonds. The minimum atomic E-state index is -1.09. The Morgan fingerprint density at radius 1 is 1.21 bits per heavy atom. The average molecular weight is 343 g/mol. The van der Waals surface area contributed by atoms with Gasteiger partial charge in [0.1, 0.15) is 18.8 Å². The highest BCUT2D eigenvalue weighted by atomic mass is 16.6. The van der Waals surface area contributed by atoms with Gasteiger partial charge in [0.15, 0.2) is 0 Å². The summed E-state index contributed by atoms with van der Waals surface area (Å²) in [7, 11) is 0. The second-order valence-electron chi connectivity index (χ2n) is 5.94. The maximum absolute atomic E-state index is 12.5. The molecule has 3 unspecified atom stereocenters. The van der Waals surface area contributed by atoms with Gasteiger partial charge >= 0.3 is 17.3 Å². The number of carbonyl (C=O) groups is 1. The minimum Gasteiger partial charge on any atom is -0.463 e. The molecule has 0 radical (unpaired) electrons. The third kappa shape index (κ3) is 3.94. The molecule has 134 valence electrons. The fraction of sp³-hybridized carbons (Fsp3) is 0.786. The summed E-state index contributed by atoms with van der Waals surface area (Å²) < 4.78 is 18.6. The molecule has 2 aliphatic heterocycles. The molecule has 2 saturated heterocycles. The first-order valence-electron chi connectivity index (χ1n) is 7.97. The van der Waals surface area contributed by atoms with Crippen LogP contribution < -0.4 is 11.4 Å². The Hall–Kier alpha value is -1.91. The quantitative estimate of drug-likeness (QED) is 0.404. The Morgan fingerprint density at radius 2 is 1.79 bits per heavy atom. The molecule has 1 aromatic rings. The second kappa shape index (κ2) is 6.91. The summed E-state index contributed by atoms with van der Waals surface area (Å²) in [5, 5.41) is 10.0. The van der Waals surface area contributed by atoms with Gasteiger partial charge in [-0.25, -0.2) is 23.5 Å². The Balaban J connectivity index is 1.77. The average Bonchev–Trinajstić information content (AvgIpc) is 3.46. The third-order valence-corrected chi connectivity index (χ3v) is 3.87. The first-order valence-corrected chi connectivity index (χ1v) is 7.97. The number of aromatic nitrogens is 3. The summed E-state index contributed by atoms with van der Waals surface area (Å²) in [5.74, 6) is -0.436. The SMILES string of the molecule is CCC(=O)OCC(O)Cn1c(=O)n(CC2CO2)c(=O)n1CC1CO1. The highest BCUT2D eigenvalue weighted by Gasteiger charge is 2.30. The van der Waals surface area contributed by atoms with Crippen molar-refractivity contribution in [3.8, 4) is 0 Å². The Kier molecular flexibility index (Phi) is 4.88. The van der Waals surface area contributed by atoms with Crippen LogP contribution in [-0.2, 0) is 38.6 Å². The van der Waals surface area contributed by atoms with Crippen LogP contribution in [-0.4, -0.2) is 63.1 Å². The smallest absolute Gasteiger partial charge is 0.347 e. The molecule has 1 aromatic heterocycles. The van der Waals surface area contributed by atoms with Crippen LogP contribution in [0.1, 0.15) is 13.3 Å². The normalized spacial score (nSPS) is 23.1. The summed E-state index contributed by atoms with van der Waals surface area (Å²) in [6.07, 6.45) is -1.10. The predicted molar refractivity (Wildman–Crippen MR) is 79.7 cm³/mol. The molecule has 0 saturated carbocycles. The summed E-state index contributed by atoms with van der Waals surface area (Å²) in [6.45, 7) is 2.77. The summed E-state index contributed by atoms with van der Waals surface area (Å²) in [5.41, 5.74) is -0.972. The zero-order chi connectivity index (χ0) is 17.3. The number of hydrogen-bond acceptors (Lipinski definition) is 7. The Labute approximate surface area is 137 Å². The molecule has 10 nitrogen and oxygen atoms in total. The first-order chi connectivity index (χ1) is 11.5. The fourth-order valence-electron chi connectivity index (χ4n) is 2.36. The van der Waals surface area contributed by atoms with E-state index in [1.54, 1.807) is 6.92 Å². The van der Waals surface area contributed by atoms with E-state index in [2.05, 4.69) is 0 Å². The molecule has 2 fully saturated rings. The number of esters is 1. The lowest BCUT2D eigenvalue weighted by Gasteiger charge is -2.13. The van der Waals surface area contributed by atoms with E-state index in [0.29, 0.717) is 13.2 Å². The number of aliphatic hydroxyl groups excluding tert-OH is 1. The number of rotatable bonds is 9. The van der Waals surface area contributed by atoms with Crippen LogP contribution in [0.25, 0.3) is 0 Å². The number of aliphatic hydroxyl groups is 1. The van der Waals surface area contributed by atoms with Gasteiger partial charge in [0.25, 0.3) is 0 Å². The summed E-state index contributed by atoms with van der Waals surface area (Å²) >= 11 is 0. The van der Waals surface area contributed by atoms with Crippen LogP contribution in [0.3, 0.4) is 0 Å². The molecular formula is C14H21N3O7. The Bertz CT molecular complexity index is 711. The van der Waals surface area contributed by atoms with Gasteiger partial charge in [0, 0.05) is 6.42 Å². The molecule has 1 N–H and O–H groups in total. The fourth-order valence-corrected chi connectivity index (χ4v) is 2.36. The van der Waals surface area contributed by atoms with Crippen molar-refractivity contribution in [1.29, 1.82) is 0 Å². The van der Waals surface area contributed by atoms with Gasteiger partial charge in [-0.2, -0.15) is 0 Å². The van der Waals surface area contributed by atoms with Gasteiger partial charge in [-0.15, -0.1) is 0 Å². The Morgan fingerprint density at radius 3 is 2.38 bits per heavy atom. The molecular weight excluding hydrogens is 322 g/mol. The first kappa shape index (κ1) is 16.9. The highest BCUT2D eigenvalue weighted by Crippen LogP contribution is 2.12. The number of hydrogen-bond donors (Lipinski definition) is 1.